The van der Waals surface area contributed by atoms with E-state index in [1.54, 1.807) is 12.1 Å². The van der Waals surface area contributed by atoms with Crippen LogP contribution in [0.4, 0.5) is 0 Å². The van der Waals surface area contributed by atoms with E-state index in [9.17, 15) is 9.59 Å². The average molecular weight is 265 g/mol. The minimum Gasteiger partial charge on any atom is -0.480 e. The highest BCUT2D eigenvalue weighted by Gasteiger charge is 2.31. The molecule has 0 saturated carbocycles. The number of carbonyl (C=O) groups excluding carboxylic acids is 1. The summed E-state index contributed by atoms with van der Waals surface area (Å²) in [5.41, 5.74) is 0. The zero-order valence-electron chi connectivity index (χ0n) is 10.5. The Morgan fingerprint density at radius 2 is 2.26 bits per heavy atom. The number of nitrogens with zero attached hydrogens (tertiary/aromatic N) is 1. The number of hydrogen-bond acceptors (Lipinski definition) is 4. The van der Waals surface area contributed by atoms with E-state index < -0.39 is 12.0 Å². The van der Waals surface area contributed by atoms with Gasteiger partial charge < -0.3 is 19.2 Å². The molecular formula is C13H15NO5. The second-order valence-electron chi connectivity index (χ2n) is 4.24. The van der Waals surface area contributed by atoms with Crippen molar-refractivity contribution < 1.29 is 23.8 Å². The van der Waals surface area contributed by atoms with Crippen molar-refractivity contribution in [3.05, 3.63) is 29.7 Å². The van der Waals surface area contributed by atoms with Crippen molar-refractivity contribution >= 4 is 18.0 Å². The lowest BCUT2D eigenvalue weighted by Crippen LogP contribution is -2.52. The van der Waals surface area contributed by atoms with Crippen LogP contribution in [-0.4, -0.2) is 47.7 Å². The predicted molar refractivity (Wildman–Crippen MR) is 66.4 cm³/mol. The predicted octanol–water partition coefficient (Wildman–Crippen LogP) is 0.913. The summed E-state index contributed by atoms with van der Waals surface area (Å²) in [5.74, 6) is -0.104. The van der Waals surface area contributed by atoms with Gasteiger partial charge in [-0.25, -0.2) is 4.79 Å². The molecule has 1 fully saturated rings. The van der Waals surface area contributed by atoms with Crippen LogP contribution in [0.3, 0.4) is 0 Å². The molecule has 0 aliphatic carbocycles. The van der Waals surface area contributed by atoms with Crippen LogP contribution in [-0.2, 0) is 14.3 Å². The van der Waals surface area contributed by atoms with Gasteiger partial charge in [0.1, 0.15) is 11.5 Å². The van der Waals surface area contributed by atoms with Crippen LogP contribution in [0.5, 0.6) is 0 Å². The molecule has 1 N–H and O–H groups in total. The third kappa shape index (κ3) is 3.23. The van der Waals surface area contributed by atoms with Crippen LogP contribution in [0.1, 0.15) is 11.5 Å². The molecule has 2 rings (SSSR count). The Labute approximate surface area is 110 Å². The van der Waals surface area contributed by atoms with E-state index in [0.29, 0.717) is 12.4 Å². The van der Waals surface area contributed by atoms with E-state index in [1.807, 2.05) is 6.92 Å². The van der Waals surface area contributed by atoms with Crippen molar-refractivity contribution in [2.24, 2.45) is 0 Å². The lowest BCUT2D eigenvalue weighted by atomic mass is 10.2. The highest BCUT2D eigenvalue weighted by molar-refractivity contribution is 5.94. The number of amides is 1. The lowest BCUT2D eigenvalue weighted by Gasteiger charge is -2.31. The lowest BCUT2D eigenvalue weighted by molar-refractivity contribution is -0.156. The number of hydrogen-bond donors (Lipinski definition) is 1. The number of morpholine rings is 1. The number of aliphatic carboxylic acids is 1. The van der Waals surface area contributed by atoms with Gasteiger partial charge in [-0.05, 0) is 25.1 Å². The zero-order valence-corrected chi connectivity index (χ0v) is 10.5. The Morgan fingerprint density at radius 3 is 2.89 bits per heavy atom. The molecular weight excluding hydrogens is 250 g/mol. The monoisotopic (exact) mass is 265 g/mol. The van der Waals surface area contributed by atoms with E-state index in [4.69, 9.17) is 14.3 Å². The first-order valence-corrected chi connectivity index (χ1v) is 5.93. The Balaban J connectivity index is 2.05. The quantitative estimate of drug-likeness (QED) is 0.822. The van der Waals surface area contributed by atoms with Gasteiger partial charge >= 0.3 is 5.97 Å². The Morgan fingerprint density at radius 1 is 1.47 bits per heavy atom. The molecule has 1 aliphatic rings. The maximum absolute atomic E-state index is 12.0. The molecule has 6 nitrogen and oxygen atoms in total. The topological polar surface area (TPSA) is 80.0 Å². The second-order valence-corrected chi connectivity index (χ2v) is 4.24. The van der Waals surface area contributed by atoms with Crippen LogP contribution in [0, 0.1) is 6.92 Å². The van der Waals surface area contributed by atoms with Gasteiger partial charge in [0.2, 0.25) is 5.91 Å². The van der Waals surface area contributed by atoms with E-state index in [-0.39, 0.29) is 19.1 Å². The van der Waals surface area contributed by atoms with Gasteiger partial charge in [-0.1, -0.05) is 0 Å². The van der Waals surface area contributed by atoms with Crippen LogP contribution in [0.25, 0.3) is 6.08 Å². The Hall–Kier alpha value is -2.08. The first-order chi connectivity index (χ1) is 9.08. The average Bonchev–Trinajstić information content (AvgIpc) is 2.81. The molecule has 102 valence electrons. The second kappa shape index (κ2) is 5.71. The summed E-state index contributed by atoms with van der Waals surface area (Å²) < 4.78 is 10.4. The van der Waals surface area contributed by atoms with Crippen LogP contribution in [0.2, 0.25) is 0 Å². The molecule has 0 spiro atoms. The van der Waals surface area contributed by atoms with E-state index in [1.165, 1.54) is 17.1 Å². The van der Waals surface area contributed by atoms with Crippen molar-refractivity contribution in [2.75, 3.05) is 19.8 Å². The standard InChI is InChI=1S/C13H15NO5/c1-9-2-3-10(19-9)4-5-12(15)14-6-7-18-8-11(14)13(16)17/h2-5,11H,6-8H2,1H3,(H,16,17). The number of carbonyl (C=O) groups is 2. The fourth-order valence-electron chi connectivity index (χ4n) is 1.86. The van der Waals surface area contributed by atoms with Crippen molar-refractivity contribution in [3.63, 3.8) is 0 Å². The summed E-state index contributed by atoms with van der Waals surface area (Å²) in [4.78, 5) is 24.3. The Bertz CT molecular complexity index is 505. The number of ether oxygens (including phenoxy) is 1. The number of furan rings is 1. The molecule has 2 heterocycles. The Kier molecular flexibility index (Phi) is 4.01. The summed E-state index contributed by atoms with van der Waals surface area (Å²) in [6, 6.07) is 2.61. The van der Waals surface area contributed by atoms with E-state index in [0.717, 1.165) is 5.76 Å². The normalized spacial score (nSPS) is 19.8. The number of rotatable bonds is 3. The minimum atomic E-state index is -1.06. The highest BCUT2D eigenvalue weighted by Crippen LogP contribution is 2.11. The molecule has 1 atom stereocenters. The van der Waals surface area contributed by atoms with Gasteiger partial charge in [-0.2, -0.15) is 0 Å². The number of carboxylic acids is 1. The van der Waals surface area contributed by atoms with Gasteiger partial charge in [0.15, 0.2) is 6.04 Å². The smallest absolute Gasteiger partial charge is 0.328 e. The zero-order chi connectivity index (χ0) is 13.8. The molecule has 1 aliphatic heterocycles. The molecule has 1 aromatic heterocycles. The van der Waals surface area contributed by atoms with Gasteiger partial charge in [0.05, 0.1) is 13.2 Å². The fourth-order valence-corrected chi connectivity index (χ4v) is 1.86. The fraction of sp³-hybridized carbons (Fsp3) is 0.385. The van der Waals surface area contributed by atoms with Crippen molar-refractivity contribution in [1.82, 2.24) is 4.90 Å². The summed E-state index contributed by atoms with van der Waals surface area (Å²) in [6.07, 6.45) is 2.85. The molecule has 19 heavy (non-hydrogen) atoms. The van der Waals surface area contributed by atoms with Crippen LogP contribution in [0.15, 0.2) is 22.6 Å². The van der Waals surface area contributed by atoms with Crippen LogP contribution >= 0.6 is 0 Å². The highest BCUT2D eigenvalue weighted by atomic mass is 16.5. The van der Waals surface area contributed by atoms with Crippen molar-refractivity contribution in [2.45, 2.75) is 13.0 Å². The van der Waals surface area contributed by atoms with Gasteiger partial charge in [0, 0.05) is 12.6 Å². The number of aryl methyl sites for hydroxylation is 1. The SMILES string of the molecule is Cc1ccc(C=CC(=O)N2CCOCC2C(=O)O)o1. The molecule has 0 bridgehead atoms. The summed E-state index contributed by atoms with van der Waals surface area (Å²) >= 11 is 0. The molecule has 1 saturated heterocycles. The molecule has 6 heteroatoms. The third-order valence-electron chi connectivity index (χ3n) is 2.85. The molecule has 1 unspecified atom stereocenters. The summed E-state index contributed by atoms with van der Waals surface area (Å²) in [5, 5.41) is 9.03. The third-order valence-corrected chi connectivity index (χ3v) is 2.85. The largest absolute Gasteiger partial charge is 0.480 e. The van der Waals surface area contributed by atoms with Crippen molar-refractivity contribution in [1.29, 1.82) is 0 Å². The van der Waals surface area contributed by atoms with Gasteiger partial charge in [0.25, 0.3) is 0 Å². The summed E-state index contributed by atoms with van der Waals surface area (Å²) in [7, 11) is 0. The minimum absolute atomic E-state index is 0.0226. The van der Waals surface area contributed by atoms with Gasteiger partial charge in [-0.15, -0.1) is 0 Å². The maximum atomic E-state index is 12.0. The number of carboxylic acid groups (broad SMARTS) is 1. The van der Waals surface area contributed by atoms with E-state index >= 15 is 0 Å². The molecule has 0 aromatic carbocycles. The van der Waals surface area contributed by atoms with Crippen molar-refractivity contribution in [3.8, 4) is 0 Å². The van der Waals surface area contributed by atoms with E-state index in [2.05, 4.69) is 0 Å². The summed E-state index contributed by atoms with van der Waals surface area (Å²) in [6.45, 7) is 2.46. The molecule has 1 aromatic rings. The van der Waals surface area contributed by atoms with Gasteiger partial charge in [-0.3, -0.25) is 4.79 Å². The molecule has 0 radical (unpaired) electrons. The maximum Gasteiger partial charge on any atom is 0.328 e. The molecule has 1 amide bonds. The first kappa shape index (κ1) is 13.4. The van der Waals surface area contributed by atoms with Crippen LogP contribution < -0.4 is 0 Å². The first-order valence-electron chi connectivity index (χ1n) is 5.93.